The van der Waals surface area contributed by atoms with Gasteiger partial charge in [0.15, 0.2) is 6.10 Å². The predicted molar refractivity (Wildman–Crippen MR) is 38.0 cm³/mol. The van der Waals surface area contributed by atoms with Crippen molar-refractivity contribution in [1.82, 2.24) is 0 Å². The van der Waals surface area contributed by atoms with Gasteiger partial charge in [-0.3, -0.25) is 0 Å². The van der Waals surface area contributed by atoms with Crippen LogP contribution in [-0.2, 0) is 9.53 Å². The fourth-order valence-electron chi connectivity index (χ4n) is 0.476. The summed E-state index contributed by atoms with van der Waals surface area (Å²) in [6, 6.07) is 0. The fourth-order valence-corrected chi connectivity index (χ4v) is 0.476. The lowest BCUT2D eigenvalue weighted by molar-refractivity contribution is -0.149. The van der Waals surface area contributed by atoms with Crippen LogP contribution in [0.25, 0.3) is 0 Å². The van der Waals surface area contributed by atoms with Crippen molar-refractivity contribution in [2.24, 2.45) is 0 Å². The molecular weight excluding hydrogens is 132 g/mol. The van der Waals surface area contributed by atoms with E-state index in [1.54, 1.807) is 0 Å². The number of aliphatic carboxylic acids is 1. The van der Waals surface area contributed by atoms with Gasteiger partial charge in [-0.25, -0.2) is 4.79 Å². The molecule has 0 spiro atoms. The van der Waals surface area contributed by atoms with Crippen molar-refractivity contribution in [3.8, 4) is 0 Å². The van der Waals surface area contributed by atoms with E-state index >= 15 is 0 Å². The number of unbranched alkanes of at least 4 members (excludes halogenated alkanes) is 1. The second-order valence-electron chi connectivity index (χ2n) is 2.20. The van der Waals surface area contributed by atoms with Gasteiger partial charge in [0.05, 0.1) is 0 Å². The molecule has 1 atom stereocenters. The zero-order valence-electron chi connectivity index (χ0n) is 6.46. The number of rotatable bonds is 5. The van der Waals surface area contributed by atoms with Crippen LogP contribution < -0.4 is 0 Å². The molecule has 0 fully saturated rings. The van der Waals surface area contributed by atoms with Crippen LogP contribution in [0.15, 0.2) is 0 Å². The Bertz CT molecular complexity index is 101. The van der Waals surface area contributed by atoms with Crippen LogP contribution in [0, 0.1) is 0 Å². The lowest BCUT2D eigenvalue weighted by Gasteiger charge is -2.06. The molecule has 0 amide bonds. The SMILES string of the molecule is CCCCOC(C)C(=O)O. The summed E-state index contributed by atoms with van der Waals surface area (Å²) < 4.78 is 4.94. The zero-order chi connectivity index (χ0) is 7.98. The van der Waals surface area contributed by atoms with E-state index in [1.165, 1.54) is 6.92 Å². The molecule has 0 aromatic rings. The number of hydrogen-bond donors (Lipinski definition) is 1. The molecule has 0 aromatic carbocycles. The van der Waals surface area contributed by atoms with E-state index in [0.717, 1.165) is 12.8 Å². The van der Waals surface area contributed by atoms with Gasteiger partial charge in [-0.2, -0.15) is 0 Å². The molecular formula is C7H14O3. The van der Waals surface area contributed by atoms with Crippen LogP contribution in [0.2, 0.25) is 0 Å². The number of ether oxygens (including phenoxy) is 1. The standard InChI is InChI=1S/C7H14O3/c1-3-4-5-10-6(2)7(8)9/h6H,3-5H2,1-2H3,(H,8,9). The minimum atomic E-state index is -0.892. The smallest absolute Gasteiger partial charge is 0.332 e. The van der Waals surface area contributed by atoms with E-state index in [4.69, 9.17) is 9.84 Å². The van der Waals surface area contributed by atoms with E-state index in [2.05, 4.69) is 0 Å². The number of hydrogen-bond acceptors (Lipinski definition) is 2. The summed E-state index contributed by atoms with van der Waals surface area (Å²) in [7, 11) is 0. The highest BCUT2D eigenvalue weighted by Crippen LogP contribution is 1.94. The van der Waals surface area contributed by atoms with Gasteiger partial charge >= 0.3 is 5.97 Å². The Morgan fingerprint density at radius 1 is 1.70 bits per heavy atom. The molecule has 0 aliphatic carbocycles. The number of carboxylic acids is 1. The summed E-state index contributed by atoms with van der Waals surface area (Å²) in [6.45, 7) is 4.12. The first-order valence-electron chi connectivity index (χ1n) is 3.53. The molecule has 1 N–H and O–H groups in total. The molecule has 0 radical (unpaired) electrons. The minimum Gasteiger partial charge on any atom is -0.479 e. The van der Waals surface area contributed by atoms with Gasteiger partial charge in [-0.1, -0.05) is 13.3 Å². The first kappa shape index (κ1) is 9.43. The van der Waals surface area contributed by atoms with Gasteiger partial charge in [0.2, 0.25) is 0 Å². The molecule has 1 unspecified atom stereocenters. The van der Waals surface area contributed by atoms with Crippen molar-refractivity contribution in [3.63, 3.8) is 0 Å². The van der Waals surface area contributed by atoms with E-state index in [1.807, 2.05) is 6.92 Å². The fraction of sp³-hybridized carbons (Fsp3) is 0.857. The first-order chi connectivity index (χ1) is 4.68. The highest BCUT2D eigenvalue weighted by Gasteiger charge is 2.09. The largest absolute Gasteiger partial charge is 0.479 e. The molecule has 10 heavy (non-hydrogen) atoms. The van der Waals surface area contributed by atoms with Crippen molar-refractivity contribution in [1.29, 1.82) is 0 Å². The van der Waals surface area contributed by atoms with Crippen molar-refractivity contribution >= 4 is 5.97 Å². The third kappa shape index (κ3) is 4.32. The van der Waals surface area contributed by atoms with Gasteiger partial charge in [0.1, 0.15) is 0 Å². The van der Waals surface area contributed by atoms with Crippen LogP contribution >= 0.6 is 0 Å². The van der Waals surface area contributed by atoms with Gasteiger partial charge in [0, 0.05) is 6.61 Å². The first-order valence-corrected chi connectivity index (χ1v) is 3.53. The van der Waals surface area contributed by atoms with Crippen molar-refractivity contribution in [2.45, 2.75) is 32.8 Å². The van der Waals surface area contributed by atoms with Gasteiger partial charge in [-0.05, 0) is 13.3 Å². The predicted octanol–water partition coefficient (Wildman–Crippen LogP) is 1.28. The highest BCUT2D eigenvalue weighted by atomic mass is 16.5. The summed E-state index contributed by atoms with van der Waals surface area (Å²) in [5.74, 6) is -0.892. The highest BCUT2D eigenvalue weighted by molar-refractivity contribution is 5.71. The second kappa shape index (κ2) is 5.23. The molecule has 0 aliphatic heterocycles. The Kier molecular flexibility index (Phi) is 4.94. The van der Waals surface area contributed by atoms with E-state index in [0.29, 0.717) is 6.61 Å². The Hall–Kier alpha value is -0.570. The Morgan fingerprint density at radius 2 is 2.30 bits per heavy atom. The molecule has 0 heterocycles. The second-order valence-corrected chi connectivity index (χ2v) is 2.20. The molecule has 0 aliphatic rings. The van der Waals surface area contributed by atoms with Crippen LogP contribution in [0.3, 0.4) is 0 Å². The van der Waals surface area contributed by atoms with Gasteiger partial charge in [-0.15, -0.1) is 0 Å². The maximum atomic E-state index is 10.2. The van der Waals surface area contributed by atoms with E-state index in [9.17, 15) is 4.79 Å². The van der Waals surface area contributed by atoms with Crippen LogP contribution in [0.1, 0.15) is 26.7 Å². The lowest BCUT2D eigenvalue weighted by Crippen LogP contribution is -2.20. The quantitative estimate of drug-likeness (QED) is 0.594. The van der Waals surface area contributed by atoms with Crippen LogP contribution in [0.5, 0.6) is 0 Å². The van der Waals surface area contributed by atoms with Crippen molar-refractivity contribution in [3.05, 3.63) is 0 Å². The van der Waals surface area contributed by atoms with Crippen molar-refractivity contribution < 1.29 is 14.6 Å². The van der Waals surface area contributed by atoms with Crippen LogP contribution in [0.4, 0.5) is 0 Å². The lowest BCUT2D eigenvalue weighted by atomic mass is 10.3. The summed E-state index contributed by atoms with van der Waals surface area (Å²) in [4.78, 5) is 10.2. The molecule has 3 nitrogen and oxygen atoms in total. The van der Waals surface area contributed by atoms with E-state index in [-0.39, 0.29) is 0 Å². The van der Waals surface area contributed by atoms with Gasteiger partial charge in [0.25, 0.3) is 0 Å². The molecule has 0 rings (SSSR count). The third-order valence-electron chi connectivity index (χ3n) is 1.21. The monoisotopic (exact) mass is 146 g/mol. The topological polar surface area (TPSA) is 46.5 Å². The summed E-state index contributed by atoms with van der Waals surface area (Å²) in [5.41, 5.74) is 0. The Morgan fingerprint density at radius 3 is 2.70 bits per heavy atom. The summed E-state index contributed by atoms with van der Waals surface area (Å²) in [6.07, 6.45) is 1.30. The summed E-state index contributed by atoms with van der Waals surface area (Å²) >= 11 is 0. The maximum absolute atomic E-state index is 10.2. The average molecular weight is 146 g/mol. The Balaban J connectivity index is 3.21. The maximum Gasteiger partial charge on any atom is 0.332 e. The zero-order valence-corrected chi connectivity index (χ0v) is 6.46. The van der Waals surface area contributed by atoms with Crippen molar-refractivity contribution in [2.75, 3.05) is 6.61 Å². The molecule has 0 saturated heterocycles. The number of carboxylic acid groups (broad SMARTS) is 1. The van der Waals surface area contributed by atoms with Gasteiger partial charge < -0.3 is 9.84 Å². The Labute approximate surface area is 61.0 Å². The molecule has 0 saturated carbocycles. The van der Waals surface area contributed by atoms with E-state index < -0.39 is 12.1 Å². The molecule has 60 valence electrons. The van der Waals surface area contributed by atoms with Crippen LogP contribution in [-0.4, -0.2) is 23.8 Å². The molecule has 0 bridgehead atoms. The normalized spacial score (nSPS) is 13.0. The minimum absolute atomic E-state index is 0.546. The molecule has 0 aromatic heterocycles. The summed E-state index contributed by atoms with van der Waals surface area (Å²) in [5, 5.41) is 8.36. The average Bonchev–Trinajstić information content (AvgIpc) is 1.88. The third-order valence-corrected chi connectivity index (χ3v) is 1.21. The number of carbonyl (C=O) groups is 1. The molecule has 3 heteroatoms.